The molecule has 1 aromatic carbocycles. The van der Waals surface area contributed by atoms with Gasteiger partial charge in [-0.05, 0) is 32.4 Å². The minimum atomic E-state index is -0.431. The minimum absolute atomic E-state index is 0.0989. The number of halogens is 1. The number of nitrogens with one attached hydrogen (secondary N) is 1. The molecule has 2 aromatic rings. The van der Waals surface area contributed by atoms with E-state index < -0.39 is 5.82 Å². The Bertz CT molecular complexity index is 664. The Labute approximate surface area is 144 Å². The van der Waals surface area contributed by atoms with Gasteiger partial charge in [-0.1, -0.05) is 23.9 Å². The third-order valence-corrected chi connectivity index (χ3v) is 3.75. The first kappa shape index (κ1) is 18.4. The van der Waals surface area contributed by atoms with Crippen molar-refractivity contribution in [2.24, 2.45) is 0 Å². The quantitative estimate of drug-likeness (QED) is 0.552. The Morgan fingerprint density at radius 2 is 2.17 bits per heavy atom. The molecule has 8 heteroatoms. The van der Waals surface area contributed by atoms with Gasteiger partial charge in [0.2, 0.25) is 5.91 Å². The molecule has 6 nitrogen and oxygen atoms in total. The molecule has 0 fully saturated rings. The second-order valence-electron chi connectivity index (χ2n) is 5.26. The summed E-state index contributed by atoms with van der Waals surface area (Å²) in [4.78, 5) is 11.7. The van der Waals surface area contributed by atoms with Crippen molar-refractivity contribution in [3.05, 3.63) is 30.1 Å². The summed E-state index contributed by atoms with van der Waals surface area (Å²) in [5, 5.41) is 10.6. The Morgan fingerprint density at radius 3 is 2.92 bits per heavy atom. The SMILES string of the molecule is CC(C)OCCCNC(=O)CSc1nnc(-c2ccccc2F)o1. The lowest BCUT2D eigenvalue weighted by molar-refractivity contribution is -0.118. The summed E-state index contributed by atoms with van der Waals surface area (Å²) in [6, 6.07) is 6.15. The molecule has 1 amide bonds. The molecule has 0 saturated carbocycles. The summed E-state index contributed by atoms with van der Waals surface area (Å²) in [7, 11) is 0. The zero-order valence-corrected chi connectivity index (χ0v) is 14.4. The van der Waals surface area contributed by atoms with Crippen molar-refractivity contribution >= 4 is 17.7 Å². The number of amides is 1. The van der Waals surface area contributed by atoms with Crippen molar-refractivity contribution in [1.82, 2.24) is 15.5 Å². The van der Waals surface area contributed by atoms with Crippen LogP contribution in [0.25, 0.3) is 11.5 Å². The summed E-state index contributed by atoms with van der Waals surface area (Å²) in [6.07, 6.45) is 0.949. The van der Waals surface area contributed by atoms with Gasteiger partial charge in [0.15, 0.2) is 0 Å². The maximum atomic E-state index is 13.6. The van der Waals surface area contributed by atoms with Gasteiger partial charge >= 0.3 is 0 Å². The fourth-order valence-corrected chi connectivity index (χ4v) is 2.40. The first-order valence-electron chi connectivity index (χ1n) is 7.65. The average Bonchev–Trinajstić information content (AvgIpc) is 3.01. The largest absolute Gasteiger partial charge is 0.411 e. The third kappa shape index (κ3) is 5.93. The predicted molar refractivity (Wildman–Crippen MR) is 89.1 cm³/mol. The highest BCUT2D eigenvalue weighted by Crippen LogP contribution is 2.24. The molecular weight excluding hydrogens is 333 g/mol. The molecule has 0 aliphatic rings. The second-order valence-corrected chi connectivity index (χ2v) is 6.19. The van der Waals surface area contributed by atoms with Crippen LogP contribution in [0.4, 0.5) is 4.39 Å². The number of nitrogens with zero attached hydrogens (tertiary/aromatic N) is 2. The van der Waals surface area contributed by atoms with Crippen molar-refractivity contribution in [3.8, 4) is 11.5 Å². The average molecular weight is 353 g/mol. The van der Waals surface area contributed by atoms with E-state index in [2.05, 4.69) is 15.5 Å². The minimum Gasteiger partial charge on any atom is -0.411 e. The maximum absolute atomic E-state index is 13.6. The van der Waals surface area contributed by atoms with E-state index in [1.807, 2.05) is 13.8 Å². The third-order valence-electron chi connectivity index (χ3n) is 2.93. The van der Waals surface area contributed by atoms with Crippen LogP contribution < -0.4 is 5.32 Å². The molecule has 0 atom stereocenters. The lowest BCUT2D eigenvalue weighted by Gasteiger charge is -2.07. The van der Waals surface area contributed by atoms with E-state index in [4.69, 9.17) is 9.15 Å². The number of benzene rings is 1. The van der Waals surface area contributed by atoms with Gasteiger partial charge in [-0.25, -0.2) is 4.39 Å². The van der Waals surface area contributed by atoms with E-state index in [0.29, 0.717) is 13.2 Å². The summed E-state index contributed by atoms with van der Waals surface area (Å²) in [6.45, 7) is 5.10. The van der Waals surface area contributed by atoms with Gasteiger partial charge in [0.25, 0.3) is 11.1 Å². The number of ether oxygens (including phenoxy) is 1. The number of carbonyl (C=O) groups is 1. The molecule has 1 N–H and O–H groups in total. The fourth-order valence-electron chi connectivity index (χ4n) is 1.81. The number of aromatic nitrogens is 2. The van der Waals surface area contributed by atoms with Crippen LogP contribution in [0, 0.1) is 5.82 Å². The van der Waals surface area contributed by atoms with Crippen LogP contribution >= 0.6 is 11.8 Å². The van der Waals surface area contributed by atoms with Crippen LogP contribution in [0.5, 0.6) is 0 Å². The number of rotatable bonds is 9. The first-order chi connectivity index (χ1) is 11.6. The molecule has 0 aliphatic heterocycles. The zero-order valence-electron chi connectivity index (χ0n) is 13.6. The molecule has 0 saturated heterocycles. The lowest BCUT2D eigenvalue weighted by Crippen LogP contribution is -2.27. The number of hydrogen-bond acceptors (Lipinski definition) is 6. The standard InChI is InChI=1S/C16H20FN3O3S/c1-11(2)22-9-5-8-18-14(21)10-24-16-20-19-15(23-16)12-6-3-4-7-13(12)17/h3-4,6-7,11H,5,8-10H2,1-2H3,(H,18,21). The Kier molecular flexibility index (Phi) is 7.20. The summed E-state index contributed by atoms with van der Waals surface area (Å²) >= 11 is 1.11. The van der Waals surface area contributed by atoms with Crippen molar-refractivity contribution in [2.75, 3.05) is 18.9 Å². The van der Waals surface area contributed by atoms with E-state index in [0.717, 1.165) is 18.2 Å². The molecule has 130 valence electrons. The fraction of sp³-hybridized carbons (Fsp3) is 0.438. The van der Waals surface area contributed by atoms with Crippen LogP contribution in [-0.4, -0.2) is 41.1 Å². The Hall–Kier alpha value is -1.93. The molecule has 1 aromatic heterocycles. The van der Waals surface area contributed by atoms with E-state index in [-0.39, 0.29) is 34.4 Å². The normalized spacial score (nSPS) is 11.0. The van der Waals surface area contributed by atoms with Crippen molar-refractivity contribution in [2.45, 2.75) is 31.6 Å². The summed E-state index contributed by atoms with van der Waals surface area (Å²) in [5.41, 5.74) is 0.242. The molecule has 0 radical (unpaired) electrons. The van der Waals surface area contributed by atoms with Gasteiger partial charge in [0.05, 0.1) is 17.4 Å². The molecule has 0 bridgehead atoms. The van der Waals surface area contributed by atoms with Gasteiger partial charge in [0, 0.05) is 13.2 Å². The van der Waals surface area contributed by atoms with Crippen molar-refractivity contribution in [3.63, 3.8) is 0 Å². The van der Waals surface area contributed by atoms with Gasteiger partial charge in [-0.2, -0.15) is 0 Å². The smallest absolute Gasteiger partial charge is 0.277 e. The van der Waals surface area contributed by atoms with E-state index >= 15 is 0 Å². The first-order valence-corrected chi connectivity index (χ1v) is 8.64. The highest BCUT2D eigenvalue weighted by molar-refractivity contribution is 7.99. The lowest BCUT2D eigenvalue weighted by atomic mass is 10.2. The Balaban J connectivity index is 1.73. The van der Waals surface area contributed by atoms with Crippen LogP contribution in [0.2, 0.25) is 0 Å². The number of hydrogen-bond donors (Lipinski definition) is 1. The molecule has 24 heavy (non-hydrogen) atoms. The number of thioether (sulfide) groups is 1. The van der Waals surface area contributed by atoms with E-state index in [1.165, 1.54) is 6.07 Å². The summed E-state index contributed by atoms with van der Waals surface area (Å²) < 4.78 is 24.4. The van der Waals surface area contributed by atoms with Gasteiger partial charge < -0.3 is 14.5 Å². The predicted octanol–water partition coefficient (Wildman–Crippen LogP) is 2.90. The van der Waals surface area contributed by atoms with E-state index in [1.54, 1.807) is 18.2 Å². The van der Waals surface area contributed by atoms with Crippen molar-refractivity contribution < 1.29 is 18.3 Å². The zero-order chi connectivity index (χ0) is 17.4. The van der Waals surface area contributed by atoms with Gasteiger partial charge in [-0.15, -0.1) is 10.2 Å². The van der Waals surface area contributed by atoms with Crippen LogP contribution in [0.3, 0.4) is 0 Å². The monoisotopic (exact) mass is 353 g/mol. The van der Waals surface area contributed by atoms with Crippen LogP contribution in [-0.2, 0) is 9.53 Å². The topological polar surface area (TPSA) is 77.2 Å². The van der Waals surface area contributed by atoms with Gasteiger partial charge in [-0.3, -0.25) is 4.79 Å². The molecular formula is C16H20FN3O3S. The van der Waals surface area contributed by atoms with Gasteiger partial charge in [0.1, 0.15) is 5.82 Å². The molecule has 0 spiro atoms. The van der Waals surface area contributed by atoms with Crippen LogP contribution in [0.1, 0.15) is 20.3 Å². The molecule has 0 aliphatic carbocycles. The molecule has 2 rings (SSSR count). The second kappa shape index (κ2) is 9.39. The highest BCUT2D eigenvalue weighted by atomic mass is 32.2. The summed E-state index contributed by atoms with van der Waals surface area (Å²) in [5.74, 6) is -0.305. The highest BCUT2D eigenvalue weighted by Gasteiger charge is 2.13. The Morgan fingerprint density at radius 1 is 1.38 bits per heavy atom. The van der Waals surface area contributed by atoms with Crippen molar-refractivity contribution in [1.29, 1.82) is 0 Å². The maximum Gasteiger partial charge on any atom is 0.277 e. The van der Waals surface area contributed by atoms with E-state index in [9.17, 15) is 9.18 Å². The molecule has 1 heterocycles. The number of carbonyl (C=O) groups excluding carboxylic acids is 1. The van der Waals surface area contributed by atoms with Crippen LogP contribution in [0.15, 0.2) is 33.9 Å². The molecule has 0 unspecified atom stereocenters.